The Morgan fingerprint density at radius 3 is 1.70 bits per heavy atom. The molecule has 0 bridgehead atoms. The van der Waals surface area contributed by atoms with E-state index in [4.69, 9.17) is 39.4 Å². The second-order valence-corrected chi connectivity index (χ2v) is 10.9. The highest BCUT2D eigenvalue weighted by molar-refractivity contribution is 5.77. The molecular formula is C32H29F10N5O7. The van der Waals surface area contributed by atoms with Crippen molar-refractivity contribution in [2.75, 3.05) is 13.1 Å². The Hall–Kier alpha value is -5.80. The molecule has 5 N–H and O–H groups in total. The van der Waals surface area contributed by atoms with E-state index in [1.54, 1.807) is 18.3 Å². The summed E-state index contributed by atoms with van der Waals surface area (Å²) in [5.74, 6) is -6.59. The van der Waals surface area contributed by atoms with Gasteiger partial charge in [0, 0.05) is 17.7 Å². The lowest BCUT2D eigenvalue weighted by molar-refractivity contribution is -0.193. The summed E-state index contributed by atoms with van der Waals surface area (Å²) in [6, 6.07) is 14.4. The lowest BCUT2D eigenvalue weighted by atomic mass is 9.98. The molecular weight excluding hydrogens is 756 g/mol. The van der Waals surface area contributed by atoms with Crippen LogP contribution in [0.4, 0.5) is 43.9 Å². The standard InChI is InChI=1S/C26H26FN5O.3C2HF3O2/c1-16-3-8-21(15-17(16)2)33-26-29-14-11-22(30-26)24-23(18-4-6-20(27)7-5-18)31-25(32-24)19-9-12-28-13-10-19;3*3-2(4,5)1(6)7/h3-8,11,14-15,19,28H,9-10,12-13H2,1-2H3,(H,31,32);3*(H,6,7). The van der Waals surface area contributed by atoms with Crippen LogP contribution >= 0.6 is 0 Å². The normalized spacial score (nSPS) is 13.2. The van der Waals surface area contributed by atoms with Crippen molar-refractivity contribution in [3.05, 3.63) is 77.5 Å². The minimum atomic E-state index is -5.08. The molecule has 3 heterocycles. The smallest absolute Gasteiger partial charge is 0.475 e. The molecule has 1 aliphatic rings. The number of hydrogen-bond acceptors (Lipinski definition) is 8. The zero-order valence-electron chi connectivity index (χ0n) is 27.7. The number of nitrogens with zero attached hydrogens (tertiary/aromatic N) is 3. The van der Waals surface area contributed by atoms with Crippen molar-refractivity contribution in [1.29, 1.82) is 0 Å². The Morgan fingerprint density at radius 2 is 1.24 bits per heavy atom. The Bertz CT molecular complexity index is 1820. The minimum Gasteiger partial charge on any atom is -0.475 e. The largest absolute Gasteiger partial charge is 0.490 e. The van der Waals surface area contributed by atoms with Gasteiger partial charge in [-0.2, -0.15) is 44.5 Å². The van der Waals surface area contributed by atoms with Crippen molar-refractivity contribution in [1.82, 2.24) is 25.3 Å². The zero-order valence-corrected chi connectivity index (χ0v) is 27.7. The summed E-state index contributed by atoms with van der Waals surface area (Å²) in [6.45, 7) is 6.04. The van der Waals surface area contributed by atoms with Gasteiger partial charge in [-0.1, -0.05) is 6.07 Å². The maximum absolute atomic E-state index is 13.6. The molecule has 0 aliphatic carbocycles. The molecule has 0 radical (unpaired) electrons. The molecule has 1 saturated heterocycles. The SMILES string of the molecule is Cc1ccc(Oc2nccc(-c3[nH]c(C4CCNCC4)nc3-c3ccc(F)cc3)n2)cc1C.O=C(O)C(F)(F)F.O=C(O)C(F)(F)F.O=C(O)C(F)(F)F. The number of aromatic amines is 1. The van der Waals surface area contributed by atoms with Gasteiger partial charge in [0.15, 0.2) is 0 Å². The Kier molecular flexibility index (Phi) is 15.4. The van der Waals surface area contributed by atoms with Crippen LogP contribution in [0.3, 0.4) is 0 Å². The number of halogens is 10. The van der Waals surface area contributed by atoms with Gasteiger partial charge in [0.25, 0.3) is 0 Å². The molecule has 4 aromatic rings. The molecule has 1 aliphatic heterocycles. The number of carbonyl (C=O) groups is 3. The second kappa shape index (κ2) is 18.8. The number of piperidine rings is 1. The number of imidazole rings is 1. The van der Waals surface area contributed by atoms with Crippen LogP contribution in [0.5, 0.6) is 11.8 Å². The van der Waals surface area contributed by atoms with Gasteiger partial charge < -0.3 is 30.4 Å². The van der Waals surface area contributed by atoms with Gasteiger partial charge in [0.05, 0.1) is 17.1 Å². The summed E-state index contributed by atoms with van der Waals surface area (Å²) >= 11 is 0. The summed E-state index contributed by atoms with van der Waals surface area (Å²) in [6.07, 6.45) is -11.5. The topological polar surface area (TPSA) is 188 Å². The van der Waals surface area contributed by atoms with Crippen molar-refractivity contribution in [2.45, 2.75) is 51.1 Å². The number of aryl methyl sites for hydroxylation is 2. The number of hydrogen-bond donors (Lipinski definition) is 5. The molecule has 22 heteroatoms. The first-order chi connectivity index (χ1) is 24.9. The lowest BCUT2D eigenvalue weighted by Crippen LogP contribution is -2.27. The third-order valence-corrected chi connectivity index (χ3v) is 6.87. The van der Waals surface area contributed by atoms with Crippen molar-refractivity contribution in [3.8, 4) is 34.4 Å². The van der Waals surface area contributed by atoms with Crippen LogP contribution in [0, 0.1) is 19.7 Å². The van der Waals surface area contributed by atoms with E-state index in [0.717, 1.165) is 54.3 Å². The quantitative estimate of drug-likeness (QED) is 0.127. The van der Waals surface area contributed by atoms with Crippen LogP contribution in [0.1, 0.15) is 35.7 Å². The van der Waals surface area contributed by atoms with Crippen LogP contribution in [0.15, 0.2) is 54.7 Å². The molecule has 0 saturated carbocycles. The minimum absolute atomic E-state index is 0.263. The van der Waals surface area contributed by atoms with Gasteiger partial charge >= 0.3 is 42.4 Å². The third-order valence-electron chi connectivity index (χ3n) is 6.87. The van der Waals surface area contributed by atoms with Crippen LogP contribution in [0.2, 0.25) is 0 Å². The molecule has 12 nitrogen and oxygen atoms in total. The van der Waals surface area contributed by atoms with E-state index in [-0.39, 0.29) is 11.8 Å². The molecule has 0 atom stereocenters. The first-order valence-corrected chi connectivity index (χ1v) is 15.0. The van der Waals surface area contributed by atoms with Gasteiger partial charge in [-0.3, -0.25) is 0 Å². The van der Waals surface area contributed by atoms with Crippen molar-refractivity contribution in [2.24, 2.45) is 0 Å². The molecule has 5 rings (SSSR count). The summed E-state index contributed by atoms with van der Waals surface area (Å²) in [5, 5.41) is 24.8. The average Bonchev–Trinajstić information content (AvgIpc) is 3.53. The third kappa shape index (κ3) is 14.3. The van der Waals surface area contributed by atoms with Crippen LogP contribution in [-0.4, -0.2) is 84.8 Å². The van der Waals surface area contributed by atoms with E-state index in [9.17, 15) is 43.9 Å². The Morgan fingerprint density at radius 1 is 0.741 bits per heavy atom. The predicted octanol–water partition coefficient (Wildman–Crippen LogP) is 7.45. The van der Waals surface area contributed by atoms with Gasteiger partial charge in [-0.15, -0.1) is 0 Å². The molecule has 2 aromatic heterocycles. The molecule has 54 heavy (non-hydrogen) atoms. The van der Waals surface area contributed by atoms with Crippen LogP contribution in [-0.2, 0) is 14.4 Å². The number of H-pyrrole nitrogens is 1. The number of carboxylic acid groups (broad SMARTS) is 3. The highest BCUT2D eigenvalue weighted by atomic mass is 19.4. The van der Waals surface area contributed by atoms with Gasteiger partial charge in [-0.25, -0.2) is 28.7 Å². The van der Waals surface area contributed by atoms with Crippen LogP contribution in [0.25, 0.3) is 22.6 Å². The number of alkyl halides is 9. The molecule has 2 aromatic carbocycles. The number of carboxylic acids is 3. The van der Waals surface area contributed by atoms with Gasteiger partial charge in [-0.05, 0) is 93.4 Å². The fourth-order valence-corrected chi connectivity index (χ4v) is 4.09. The van der Waals surface area contributed by atoms with E-state index < -0.39 is 36.4 Å². The van der Waals surface area contributed by atoms with E-state index in [0.29, 0.717) is 17.4 Å². The predicted molar refractivity (Wildman–Crippen MR) is 167 cm³/mol. The summed E-state index contributed by atoms with van der Waals surface area (Å²) in [4.78, 5) is 44.1. The first kappa shape index (κ1) is 44.4. The number of benzene rings is 2. The van der Waals surface area contributed by atoms with Gasteiger partial charge in [0.2, 0.25) is 0 Å². The van der Waals surface area contributed by atoms with E-state index in [2.05, 4.69) is 27.2 Å². The molecule has 1 fully saturated rings. The van der Waals surface area contributed by atoms with Crippen LogP contribution < -0.4 is 10.1 Å². The second-order valence-electron chi connectivity index (χ2n) is 10.9. The maximum atomic E-state index is 13.6. The molecule has 0 spiro atoms. The Labute approximate surface area is 297 Å². The monoisotopic (exact) mass is 785 g/mol. The number of nitrogens with one attached hydrogen (secondary N) is 2. The highest BCUT2D eigenvalue weighted by Crippen LogP contribution is 2.34. The fourth-order valence-electron chi connectivity index (χ4n) is 4.09. The zero-order chi connectivity index (χ0) is 41.0. The number of ether oxygens (including phenoxy) is 1. The number of aliphatic carboxylic acids is 3. The average molecular weight is 786 g/mol. The first-order valence-electron chi connectivity index (χ1n) is 15.0. The lowest BCUT2D eigenvalue weighted by Gasteiger charge is -2.20. The molecule has 0 unspecified atom stereocenters. The molecule has 0 amide bonds. The summed E-state index contributed by atoms with van der Waals surface area (Å²) < 4.78 is 115. The van der Waals surface area contributed by atoms with Crippen molar-refractivity contribution in [3.63, 3.8) is 0 Å². The Balaban J connectivity index is 0.000000393. The van der Waals surface area contributed by atoms with E-state index in [1.807, 2.05) is 31.2 Å². The van der Waals surface area contributed by atoms with E-state index >= 15 is 0 Å². The number of rotatable bonds is 5. The summed E-state index contributed by atoms with van der Waals surface area (Å²) in [5.41, 5.74) is 5.38. The summed E-state index contributed by atoms with van der Waals surface area (Å²) in [7, 11) is 0. The fraction of sp³-hybridized carbons (Fsp3) is 0.312. The van der Waals surface area contributed by atoms with Crippen molar-refractivity contribution < 1.29 is 78.3 Å². The maximum Gasteiger partial charge on any atom is 0.490 e. The van der Waals surface area contributed by atoms with Gasteiger partial charge in [0.1, 0.15) is 17.4 Å². The molecule has 294 valence electrons. The van der Waals surface area contributed by atoms with Crippen molar-refractivity contribution >= 4 is 17.9 Å². The highest BCUT2D eigenvalue weighted by Gasteiger charge is 2.39. The number of aromatic nitrogens is 4. The van der Waals surface area contributed by atoms with E-state index in [1.165, 1.54) is 17.7 Å².